The molecule has 0 radical (unpaired) electrons. The van der Waals surface area contributed by atoms with Crippen LogP contribution in [0.4, 0.5) is 0 Å². The summed E-state index contributed by atoms with van der Waals surface area (Å²) in [6.45, 7) is 4.85. The lowest BCUT2D eigenvalue weighted by Crippen LogP contribution is -2.45. The number of aliphatic hydroxyl groups excluding tert-OH is 2. The summed E-state index contributed by atoms with van der Waals surface area (Å²) in [6.07, 6.45) is 49.0. The number of carbonyl (C=O) groups excluding carboxylic acids is 2. The monoisotopic (exact) mass is 764 g/mol. The molecule has 2 atom stereocenters. The van der Waals surface area contributed by atoms with Gasteiger partial charge in [-0.3, -0.25) is 9.59 Å². The lowest BCUT2D eigenvalue weighted by molar-refractivity contribution is -0.143. The number of aliphatic hydroxyl groups is 2. The van der Waals surface area contributed by atoms with E-state index in [1.54, 1.807) is 0 Å². The largest absolute Gasteiger partial charge is 0.466 e. The van der Waals surface area contributed by atoms with Crippen LogP contribution in [0.2, 0.25) is 0 Å². The predicted octanol–water partition coefficient (Wildman–Crippen LogP) is 13.8. The Bertz CT molecular complexity index is 802. The van der Waals surface area contributed by atoms with Gasteiger partial charge in [0.25, 0.3) is 0 Å². The number of esters is 1. The van der Waals surface area contributed by atoms with Crippen LogP contribution >= 0.6 is 0 Å². The normalized spacial score (nSPS) is 12.7. The van der Waals surface area contributed by atoms with Gasteiger partial charge in [0.05, 0.1) is 25.4 Å². The molecule has 54 heavy (non-hydrogen) atoms. The van der Waals surface area contributed by atoms with Gasteiger partial charge in [0, 0.05) is 12.8 Å². The molecule has 1 amide bonds. The maximum Gasteiger partial charge on any atom is 0.305 e. The summed E-state index contributed by atoms with van der Waals surface area (Å²) < 4.78 is 5.44. The summed E-state index contributed by atoms with van der Waals surface area (Å²) in [5, 5.41) is 23.0. The minimum atomic E-state index is -0.678. The second-order valence-corrected chi connectivity index (χ2v) is 16.4. The molecule has 0 aromatic rings. The fraction of sp³-hybridized carbons (Fsp3) is 0.917. The molecule has 6 heteroatoms. The van der Waals surface area contributed by atoms with Crippen molar-refractivity contribution in [1.29, 1.82) is 0 Å². The number of unbranched alkanes of at least 4 members (excludes halogenated alkanes) is 31. The lowest BCUT2D eigenvalue weighted by atomic mass is 10.0. The molecule has 0 aliphatic heterocycles. The standard InChI is InChI=1S/C48H93NO5/c1-3-5-7-9-11-13-14-15-16-17-18-19-22-26-30-34-38-42-48(53)54-43-39-35-31-27-23-20-21-25-29-33-37-41-47(52)49-45(44-50)46(51)40-36-32-28-24-12-10-8-6-4-2/h23,27,45-46,50-51H,3-22,24-26,28-44H2,1-2H3,(H,49,52)/b27-23-. The molecule has 0 aliphatic rings. The number of amides is 1. The Morgan fingerprint density at radius 3 is 1.31 bits per heavy atom. The maximum absolute atomic E-state index is 12.4. The van der Waals surface area contributed by atoms with Crippen molar-refractivity contribution in [2.24, 2.45) is 0 Å². The van der Waals surface area contributed by atoms with Gasteiger partial charge in [-0.1, -0.05) is 206 Å². The van der Waals surface area contributed by atoms with Crippen molar-refractivity contribution >= 4 is 11.9 Å². The lowest BCUT2D eigenvalue weighted by Gasteiger charge is -2.22. The molecule has 0 aromatic heterocycles. The van der Waals surface area contributed by atoms with Gasteiger partial charge in [0.15, 0.2) is 0 Å². The van der Waals surface area contributed by atoms with E-state index in [0.717, 1.165) is 83.5 Å². The van der Waals surface area contributed by atoms with Crippen LogP contribution in [-0.2, 0) is 14.3 Å². The van der Waals surface area contributed by atoms with Crippen molar-refractivity contribution in [3.05, 3.63) is 12.2 Å². The summed E-state index contributed by atoms with van der Waals surface area (Å²) in [5.41, 5.74) is 0. The molecule has 2 unspecified atom stereocenters. The molecule has 0 spiro atoms. The second kappa shape index (κ2) is 44.3. The van der Waals surface area contributed by atoms with Gasteiger partial charge < -0.3 is 20.3 Å². The fourth-order valence-corrected chi connectivity index (χ4v) is 7.34. The first-order chi connectivity index (χ1) is 26.5. The SMILES string of the molecule is CCCCCCCCCCCCCCCCCCCC(=O)OCCCC/C=C\CCCCCCCC(=O)NC(CO)C(O)CCCCCCCCCCC. The zero-order chi connectivity index (χ0) is 39.4. The third kappa shape index (κ3) is 40.3. The molecule has 6 nitrogen and oxygen atoms in total. The molecule has 0 heterocycles. The van der Waals surface area contributed by atoms with Crippen LogP contribution in [0.5, 0.6) is 0 Å². The van der Waals surface area contributed by atoms with E-state index in [4.69, 9.17) is 4.74 Å². The number of nitrogens with one attached hydrogen (secondary N) is 1. The minimum Gasteiger partial charge on any atom is -0.466 e. The summed E-state index contributed by atoms with van der Waals surface area (Å²) >= 11 is 0. The number of ether oxygens (including phenoxy) is 1. The molecule has 0 aromatic carbocycles. The van der Waals surface area contributed by atoms with Gasteiger partial charge in [-0.15, -0.1) is 0 Å². The van der Waals surface area contributed by atoms with Crippen LogP contribution < -0.4 is 5.32 Å². The number of rotatable bonds is 44. The van der Waals surface area contributed by atoms with Crippen molar-refractivity contribution in [3.8, 4) is 0 Å². The Balaban J connectivity index is 3.47. The minimum absolute atomic E-state index is 0.0279. The highest BCUT2D eigenvalue weighted by molar-refractivity contribution is 5.76. The summed E-state index contributed by atoms with van der Waals surface area (Å²) in [5.74, 6) is -0.0941. The van der Waals surface area contributed by atoms with Crippen molar-refractivity contribution in [2.45, 2.75) is 270 Å². The highest BCUT2D eigenvalue weighted by atomic mass is 16.5. The highest BCUT2D eigenvalue weighted by Crippen LogP contribution is 2.16. The van der Waals surface area contributed by atoms with Crippen LogP contribution in [0.25, 0.3) is 0 Å². The Morgan fingerprint density at radius 2 is 0.870 bits per heavy atom. The topological polar surface area (TPSA) is 95.9 Å². The van der Waals surface area contributed by atoms with E-state index in [0.29, 0.717) is 25.9 Å². The van der Waals surface area contributed by atoms with Gasteiger partial charge in [-0.05, 0) is 51.4 Å². The van der Waals surface area contributed by atoms with Gasteiger partial charge in [0.1, 0.15) is 0 Å². The quantitative estimate of drug-likeness (QED) is 0.0326. The molecule has 3 N–H and O–H groups in total. The van der Waals surface area contributed by atoms with Gasteiger partial charge in [-0.25, -0.2) is 0 Å². The molecule has 0 saturated heterocycles. The van der Waals surface area contributed by atoms with Crippen LogP contribution in [0, 0.1) is 0 Å². The van der Waals surface area contributed by atoms with E-state index in [2.05, 4.69) is 31.3 Å². The zero-order valence-corrected chi connectivity index (χ0v) is 36.2. The zero-order valence-electron chi connectivity index (χ0n) is 36.2. The molecule has 320 valence electrons. The smallest absolute Gasteiger partial charge is 0.305 e. The molecule has 0 fully saturated rings. The van der Waals surface area contributed by atoms with E-state index < -0.39 is 12.1 Å². The van der Waals surface area contributed by atoms with E-state index in [1.807, 2.05) is 0 Å². The molecular weight excluding hydrogens is 671 g/mol. The molecule has 0 bridgehead atoms. The Morgan fingerprint density at radius 1 is 0.500 bits per heavy atom. The van der Waals surface area contributed by atoms with Crippen LogP contribution in [-0.4, -0.2) is 47.4 Å². The first kappa shape index (κ1) is 52.6. The summed E-state index contributed by atoms with van der Waals surface area (Å²) in [4.78, 5) is 24.4. The van der Waals surface area contributed by atoms with E-state index in [9.17, 15) is 19.8 Å². The Hall–Kier alpha value is -1.40. The van der Waals surface area contributed by atoms with Gasteiger partial charge in [-0.2, -0.15) is 0 Å². The second-order valence-electron chi connectivity index (χ2n) is 16.4. The number of hydrogen-bond donors (Lipinski definition) is 3. The van der Waals surface area contributed by atoms with Crippen molar-refractivity contribution < 1.29 is 24.5 Å². The van der Waals surface area contributed by atoms with E-state index >= 15 is 0 Å². The highest BCUT2D eigenvalue weighted by Gasteiger charge is 2.20. The Labute approximate surface area is 336 Å². The fourth-order valence-electron chi connectivity index (χ4n) is 7.34. The van der Waals surface area contributed by atoms with E-state index in [1.165, 1.54) is 141 Å². The molecule has 0 rings (SSSR count). The van der Waals surface area contributed by atoms with Gasteiger partial charge >= 0.3 is 5.97 Å². The summed E-state index contributed by atoms with van der Waals surface area (Å²) in [7, 11) is 0. The van der Waals surface area contributed by atoms with Crippen molar-refractivity contribution in [1.82, 2.24) is 5.32 Å². The van der Waals surface area contributed by atoms with Crippen LogP contribution in [0.1, 0.15) is 258 Å². The number of allylic oxidation sites excluding steroid dienone is 2. The maximum atomic E-state index is 12.4. The van der Waals surface area contributed by atoms with E-state index in [-0.39, 0.29) is 18.5 Å². The van der Waals surface area contributed by atoms with Crippen molar-refractivity contribution in [3.63, 3.8) is 0 Å². The van der Waals surface area contributed by atoms with Gasteiger partial charge in [0.2, 0.25) is 5.91 Å². The predicted molar refractivity (Wildman–Crippen MR) is 232 cm³/mol. The van der Waals surface area contributed by atoms with Crippen LogP contribution in [0.15, 0.2) is 12.2 Å². The first-order valence-corrected chi connectivity index (χ1v) is 23.9. The average molecular weight is 764 g/mol. The number of hydrogen-bond acceptors (Lipinski definition) is 5. The first-order valence-electron chi connectivity index (χ1n) is 23.9. The average Bonchev–Trinajstić information content (AvgIpc) is 3.17. The molecular formula is C48H93NO5. The van der Waals surface area contributed by atoms with Crippen LogP contribution in [0.3, 0.4) is 0 Å². The summed E-state index contributed by atoms with van der Waals surface area (Å²) in [6, 6.07) is -0.559. The molecule has 0 aliphatic carbocycles. The Kier molecular flexibility index (Phi) is 43.2. The van der Waals surface area contributed by atoms with Crippen molar-refractivity contribution in [2.75, 3.05) is 13.2 Å². The number of carbonyl (C=O) groups is 2. The third-order valence-electron chi connectivity index (χ3n) is 11.1. The molecule has 0 saturated carbocycles. The third-order valence-corrected chi connectivity index (χ3v) is 11.1.